The average molecular weight is 128 g/mol. The summed E-state index contributed by atoms with van der Waals surface area (Å²) in [6, 6.07) is 0. The van der Waals surface area contributed by atoms with Crippen LogP contribution in [0.2, 0.25) is 0 Å². The van der Waals surface area contributed by atoms with Gasteiger partial charge in [0.05, 0.1) is 0 Å². The van der Waals surface area contributed by atoms with Crippen LogP contribution in [-0.2, 0) is 0 Å². The van der Waals surface area contributed by atoms with Gasteiger partial charge in [-0.2, -0.15) is 12.6 Å². The van der Waals surface area contributed by atoms with E-state index >= 15 is 0 Å². The second-order valence-corrected chi connectivity index (χ2v) is 3.02. The van der Waals surface area contributed by atoms with Gasteiger partial charge in [-0.3, -0.25) is 0 Å². The normalized spacial score (nSPS) is 29.9. The quantitative estimate of drug-likeness (QED) is 0.376. The Morgan fingerprint density at radius 3 is 3.12 bits per heavy atom. The Bertz CT molecular complexity index is 86.4. The van der Waals surface area contributed by atoms with Crippen molar-refractivity contribution in [1.82, 2.24) is 0 Å². The molecule has 0 amide bonds. The Balaban J connectivity index is 2.30. The van der Waals surface area contributed by atoms with Gasteiger partial charge in [0.25, 0.3) is 0 Å². The maximum Gasteiger partial charge on any atom is 0.00514 e. The summed E-state index contributed by atoms with van der Waals surface area (Å²) in [5, 5.41) is 0.633. The minimum atomic E-state index is 0.633. The molecule has 1 aliphatic rings. The molecule has 0 nitrogen and oxygen atoms in total. The van der Waals surface area contributed by atoms with Gasteiger partial charge in [0.1, 0.15) is 0 Å². The highest BCUT2D eigenvalue weighted by atomic mass is 32.1. The van der Waals surface area contributed by atoms with Gasteiger partial charge in [-0.25, -0.2) is 0 Å². The Kier molecular flexibility index (Phi) is 2.47. The molecule has 0 aliphatic heterocycles. The fourth-order valence-electron chi connectivity index (χ4n) is 0.960. The van der Waals surface area contributed by atoms with Gasteiger partial charge in [-0.15, -0.1) is 0 Å². The zero-order valence-electron chi connectivity index (χ0n) is 5.01. The maximum atomic E-state index is 4.38. The molecule has 0 aromatic rings. The first-order valence-electron chi connectivity index (χ1n) is 3.22. The number of thiol groups is 1. The first-order chi connectivity index (χ1) is 3.89. The molecule has 1 heteroatoms. The molecule has 1 unspecified atom stereocenters. The summed E-state index contributed by atoms with van der Waals surface area (Å²) < 4.78 is 0. The topological polar surface area (TPSA) is 0 Å². The van der Waals surface area contributed by atoms with Gasteiger partial charge in [0.15, 0.2) is 0 Å². The predicted octanol–water partition coefficient (Wildman–Crippen LogP) is 2.42. The maximum absolute atomic E-state index is 4.38. The fourth-order valence-corrected chi connectivity index (χ4v) is 1.26. The summed E-state index contributed by atoms with van der Waals surface area (Å²) in [5.41, 5.74) is 0. The van der Waals surface area contributed by atoms with Crippen LogP contribution in [0.25, 0.3) is 0 Å². The van der Waals surface area contributed by atoms with Crippen LogP contribution < -0.4 is 0 Å². The molecule has 0 heterocycles. The van der Waals surface area contributed by atoms with Crippen LogP contribution in [0.15, 0.2) is 12.2 Å². The molecule has 1 rings (SSSR count). The SMILES string of the molecule is SC1CC=CCCC1. The summed E-state index contributed by atoms with van der Waals surface area (Å²) in [4.78, 5) is 0. The Hall–Kier alpha value is 0.0900. The Morgan fingerprint density at radius 1 is 1.38 bits per heavy atom. The van der Waals surface area contributed by atoms with Gasteiger partial charge in [0.2, 0.25) is 0 Å². The fraction of sp³-hybridized carbons (Fsp3) is 0.714. The van der Waals surface area contributed by atoms with E-state index in [-0.39, 0.29) is 0 Å². The zero-order chi connectivity index (χ0) is 5.82. The first kappa shape index (κ1) is 6.21. The number of rotatable bonds is 0. The van der Waals surface area contributed by atoms with Gasteiger partial charge in [-0.1, -0.05) is 12.2 Å². The molecule has 0 aromatic heterocycles. The third-order valence-electron chi connectivity index (χ3n) is 1.48. The molecule has 0 spiro atoms. The van der Waals surface area contributed by atoms with E-state index in [2.05, 4.69) is 24.8 Å². The highest BCUT2D eigenvalue weighted by Crippen LogP contribution is 2.15. The van der Waals surface area contributed by atoms with E-state index in [0.29, 0.717) is 5.25 Å². The molecular weight excluding hydrogens is 116 g/mol. The van der Waals surface area contributed by atoms with Crippen molar-refractivity contribution in [3.8, 4) is 0 Å². The summed E-state index contributed by atoms with van der Waals surface area (Å²) in [5.74, 6) is 0. The van der Waals surface area contributed by atoms with Crippen molar-refractivity contribution in [2.24, 2.45) is 0 Å². The number of hydrogen-bond donors (Lipinski definition) is 1. The lowest BCUT2D eigenvalue weighted by Gasteiger charge is -2.01. The Morgan fingerprint density at radius 2 is 2.25 bits per heavy atom. The molecule has 0 bridgehead atoms. The molecule has 46 valence electrons. The van der Waals surface area contributed by atoms with Crippen LogP contribution >= 0.6 is 12.6 Å². The Labute approximate surface area is 56.4 Å². The summed E-state index contributed by atoms with van der Waals surface area (Å²) in [6.45, 7) is 0. The average Bonchev–Trinajstić information content (AvgIpc) is 1.94. The summed E-state index contributed by atoms with van der Waals surface area (Å²) in [7, 11) is 0. The van der Waals surface area contributed by atoms with Gasteiger partial charge >= 0.3 is 0 Å². The molecule has 1 atom stereocenters. The zero-order valence-corrected chi connectivity index (χ0v) is 5.90. The largest absolute Gasteiger partial charge is 0.176 e. The highest BCUT2D eigenvalue weighted by Gasteiger charge is 2.01. The van der Waals surface area contributed by atoms with Crippen LogP contribution in [-0.4, -0.2) is 5.25 Å². The lowest BCUT2D eigenvalue weighted by molar-refractivity contribution is 0.736. The second kappa shape index (κ2) is 3.18. The molecular formula is C7H12S. The van der Waals surface area contributed by atoms with E-state index in [4.69, 9.17) is 0 Å². The minimum absolute atomic E-state index is 0.633. The third-order valence-corrected chi connectivity index (χ3v) is 1.95. The van der Waals surface area contributed by atoms with E-state index in [1.165, 1.54) is 25.7 Å². The third kappa shape index (κ3) is 1.91. The van der Waals surface area contributed by atoms with Crippen LogP contribution in [0.3, 0.4) is 0 Å². The highest BCUT2D eigenvalue weighted by molar-refractivity contribution is 7.80. The van der Waals surface area contributed by atoms with Crippen molar-refractivity contribution in [3.05, 3.63) is 12.2 Å². The lowest BCUT2D eigenvalue weighted by atomic mass is 10.2. The molecule has 0 aromatic carbocycles. The van der Waals surface area contributed by atoms with Crippen LogP contribution in [0, 0.1) is 0 Å². The van der Waals surface area contributed by atoms with Crippen molar-refractivity contribution >= 4 is 12.6 Å². The molecule has 8 heavy (non-hydrogen) atoms. The van der Waals surface area contributed by atoms with E-state index in [1.54, 1.807) is 0 Å². The second-order valence-electron chi connectivity index (χ2n) is 2.29. The molecule has 0 saturated carbocycles. The monoisotopic (exact) mass is 128 g/mol. The number of hydrogen-bond acceptors (Lipinski definition) is 1. The van der Waals surface area contributed by atoms with Crippen molar-refractivity contribution < 1.29 is 0 Å². The van der Waals surface area contributed by atoms with E-state index in [1.807, 2.05) is 0 Å². The predicted molar refractivity (Wildman–Crippen MR) is 40.4 cm³/mol. The van der Waals surface area contributed by atoms with Crippen molar-refractivity contribution in [2.45, 2.75) is 30.9 Å². The van der Waals surface area contributed by atoms with Crippen LogP contribution in [0.5, 0.6) is 0 Å². The smallest absolute Gasteiger partial charge is 0.00514 e. The number of allylic oxidation sites excluding steroid dienone is 2. The molecule has 1 aliphatic carbocycles. The van der Waals surface area contributed by atoms with E-state index < -0.39 is 0 Å². The summed E-state index contributed by atoms with van der Waals surface area (Å²) in [6.07, 6.45) is 9.54. The van der Waals surface area contributed by atoms with E-state index in [0.717, 1.165) is 0 Å². The van der Waals surface area contributed by atoms with Crippen molar-refractivity contribution in [1.29, 1.82) is 0 Å². The lowest BCUT2D eigenvalue weighted by Crippen LogP contribution is -1.92. The molecule has 0 fully saturated rings. The van der Waals surface area contributed by atoms with Crippen LogP contribution in [0.1, 0.15) is 25.7 Å². The van der Waals surface area contributed by atoms with Crippen molar-refractivity contribution in [2.75, 3.05) is 0 Å². The van der Waals surface area contributed by atoms with Gasteiger partial charge < -0.3 is 0 Å². The molecule has 0 saturated heterocycles. The van der Waals surface area contributed by atoms with Gasteiger partial charge in [0, 0.05) is 5.25 Å². The van der Waals surface area contributed by atoms with Gasteiger partial charge in [-0.05, 0) is 25.7 Å². The first-order valence-corrected chi connectivity index (χ1v) is 3.74. The molecule has 0 radical (unpaired) electrons. The van der Waals surface area contributed by atoms with Crippen molar-refractivity contribution in [3.63, 3.8) is 0 Å². The molecule has 0 N–H and O–H groups in total. The summed E-state index contributed by atoms with van der Waals surface area (Å²) >= 11 is 4.38. The standard InChI is InChI=1S/C7H12S/c8-7-5-3-1-2-4-6-7/h1,3,7-8H,2,4-6H2. The minimum Gasteiger partial charge on any atom is -0.176 e. The van der Waals surface area contributed by atoms with E-state index in [9.17, 15) is 0 Å². The van der Waals surface area contributed by atoms with Crippen LogP contribution in [0.4, 0.5) is 0 Å².